The van der Waals surface area contributed by atoms with E-state index in [0.717, 1.165) is 25.3 Å². The van der Waals surface area contributed by atoms with Crippen LogP contribution in [0.15, 0.2) is 24.8 Å². The molecular formula is C15H21ClN6O. The van der Waals surface area contributed by atoms with Gasteiger partial charge < -0.3 is 10.1 Å². The highest BCUT2D eigenvalue weighted by atomic mass is 35.5. The van der Waals surface area contributed by atoms with Crippen LogP contribution in [0.1, 0.15) is 18.5 Å². The van der Waals surface area contributed by atoms with Crippen molar-refractivity contribution in [3.63, 3.8) is 0 Å². The number of anilines is 1. The topological polar surface area (TPSA) is 68.1 Å². The summed E-state index contributed by atoms with van der Waals surface area (Å²) in [6.45, 7) is 5.40. The summed E-state index contributed by atoms with van der Waals surface area (Å²) in [4.78, 5) is 10.7. The minimum Gasteiger partial charge on any atom is -0.373 e. The van der Waals surface area contributed by atoms with E-state index in [2.05, 4.69) is 32.2 Å². The van der Waals surface area contributed by atoms with E-state index >= 15 is 0 Å². The van der Waals surface area contributed by atoms with Gasteiger partial charge in [0.15, 0.2) is 0 Å². The van der Waals surface area contributed by atoms with Crippen LogP contribution in [0, 0.1) is 0 Å². The molecule has 2 atom stereocenters. The number of morpholine rings is 1. The molecule has 1 aliphatic heterocycles. The molecule has 1 fully saturated rings. The van der Waals surface area contributed by atoms with Gasteiger partial charge in [-0.25, -0.2) is 9.97 Å². The number of likely N-dealkylation sites (N-methyl/N-ethyl adjacent to an activating group) is 1. The van der Waals surface area contributed by atoms with Gasteiger partial charge in [-0.1, -0.05) is 18.5 Å². The highest BCUT2D eigenvalue weighted by Crippen LogP contribution is 2.29. The van der Waals surface area contributed by atoms with Gasteiger partial charge in [0, 0.05) is 31.9 Å². The molecule has 3 rings (SSSR count). The first-order valence-electron chi connectivity index (χ1n) is 7.73. The molecule has 23 heavy (non-hydrogen) atoms. The van der Waals surface area contributed by atoms with Gasteiger partial charge in [0.1, 0.15) is 0 Å². The quantitative estimate of drug-likeness (QED) is 0.897. The van der Waals surface area contributed by atoms with Crippen LogP contribution in [0.4, 0.5) is 5.95 Å². The average Bonchev–Trinajstić information content (AvgIpc) is 3.00. The van der Waals surface area contributed by atoms with E-state index in [-0.39, 0.29) is 12.1 Å². The Kier molecular flexibility index (Phi) is 5.09. The van der Waals surface area contributed by atoms with Crippen molar-refractivity contribution >= 4 is 17.5 Å². The maximum absolute atomic E-state index is 6.01. The van der Waals surface area contributed by atoms with Gasteiger partial charge in [0.25, 0.3) is 0 Å². The Morgan fingerprint density at radius 1 is 1.35 bits per heavy atom. The zero-order valence-corrected chi connectivity index (χ0v) is 14.1. The summed E-state index contributed by atoms with van der Waals surface area (Å²) >= 11 is 5.81. The molecule has 124 valence electrons. The molecule has 3 heterocycles. The van der Waals surface area contributed by atoms with Gasteiger partial charge in [-0.2, -0.15) is 5.10 Å². The lowest BCUT2D eigenvalue weighted by atomic mass is 10.0. The number of ether oxygens (including phenoxy) is 1. The Morgan fingerprint density at radius 2 is 2.13 bits per heavy atom. The molecule has 1 aliphatic rings. The van der Waals surface area contributed by atoms with E-state index in [0.29, 0.717) is 17.5 Å². The number of nitrogens with one attached hydrogen (secondary N) is 1. The molecule has 2 aromatic rings. The molecule has 0 amide bonds. The minimum atomic E-state index is 0.00665. The molecule has 0 unspecified atom stereocenters. The number of aromatic nitrogens is 4. The lowest BCUT2D eigenvalue weighted by molar-refractivity contribution is -0.0640. The first-order chi connectivity index (χ1) is 11.2. The van der Waals surface area contributed by atoms with Gasteiger partial charge >= 0.3 is 0 Å². The monoisotopic (exact) mass is 336 g/mol. The van der Waals surface area contributed by atoms with Crippen molar-refractivity contribution in [1.29, 1.82) is 0 Å². The zero-order chi connectivity index (χ0) is 16.2. The molecule has 0 aliphatic carbocycles. The molecule has 1 saturated heterocycles. The third-order valence-electron chi connectivity index (χ3n) is 4.01. The third kappa shape index (κ3) is 3.80. The van der Waals surface area contributed by atoms with Gasteiger partial charge in [0.05, 0.1) is 42.4 Å². The van der Waals surface area contributed by atoms with Crippen molar-refractivity contribution in [2.24, 2.45) is 7.05 Å². The molecule has 8 heteroatoms. The minimum absolute atomic E-state index is 0.00665. The van der Waals surface area contributed by atoms with E-state index < -0.39 is 0 Å². The summed E-state index contributed by atoms with van der Waals surface area (Å²) in [6.07, 6.45) is 7.12. The van der Waals surface area contributed by atoms with Gasteiger partial charge in [-0.05, 0) is 6.54 Å². The van der Waals surface area contributed by atoms with Crippen LogP contribution in [0.5, 0.6) is 0 Å². The summed E-state index contributed by atoms with van der Waals surface area (Å²) in [6, 6.07) is 0.169. The van der Waals surface area contributed by atoms with Crippen molar-refractivity contribution in [3.05, 3.63) is 35.4 Å². The number of halogens is 1. The smallest absolute Gasteiger partial charge is 0.222 e. The number of aryl methyl sites for hydroxylation is 1. The number of nitrogens with zero attached hydrogens (tertiary/aromatic N) is 5. The van der Waals surface area contributed by atoms with Crippen LogP contribution in [-0.2, 0) is 11.8 Å². The molecule has 0 aromatic carbocycles. The van der Waals surface area contributed by atoms with E-state index in [1.54, 1.807) is 12.4 Å². The summed E-state index contributed by atoms with van der Waals surface area (Å²) in [5, 5.41) is 8.05. The van der Waals surface area contributed by atoms with E-state index in [9.17, 15) is 0 Å². The van der Waals surface area contributed by atoms with Crippen LogP contribution in [0.3, 0.4) is 0 Å². The molecule has 0 radical (unpaired) electrons. The second-order valence-electron chi connectivity index (χ2n) is 5.54. The van der Waals surface area contributed by atoms with Crippen LogP contribution in [0.2, 0.25) is 5.02 Å². The highest BCUT2D eigenvalue weighted by Gasteiger charge is 2.33. The van der Waals surface area contributed by atoms with Crippen molar-refractivity contribution in [3.8, 4) is 0 Å². The summed E-state index contributed by atoms with van der Waals surface area (Å²) in [5.74, 6) is 0.552. The number of hydrogen-bond donors (Lipinski definition) is 1. The number of rotatable bonds is 5. The lowest BCUT2D eigenvalue weighted by Crippen LogP contribution is -2.47. The normalized spacial score (nSPS) is 22.2. The number of hydrogen-bond acceptors (Lipinski definition) is 6. The Balaban J connectivity index is 1.73. The highest BCUT2D eigenvalue weighted by molar-refractivity contribution is 6.30. The van der Waals surface area contributed by atoms with E-state index in [1.165, 1.54) is 0 Å². The fraction of sp³-hybridized carbons (Fsp3) is 0.533. The first-order valence-corrected chi connectivity index (χ1v) is 8.10. The molecule has 0 saturated carbocycles. The average molecular weight is 337 g/mol. The zero-order valence-electron chi connectivity index (χ0n) is 13.3. The second kappa shape index (κ2) is 7.25. The summed E-state index contributed by atoms with van der Waals surface area (Å²) in [7, 11) is 1.93. The van der Waals surface area contributed by atoms with Gasteiger partial charge in [-0.3, -0.25) is 9.58 Å². The van der Waals surface area contributed by atoms with Crippen molar-refractivity contribution in [2.75, 3.05) is 31.6 Å². The van der Waals surface area contributed by atoms with E-state index in [1.807, 2.05) is 24.1 Å². The fourth-order valence-corrected chi connectivity index (χ4v) is 3.02. The summed E-state index contributed by atoms with van der Waals surface area (Å²) < 4.78 is 7.83. The van der Waals surface area contributed by atoms with Crippen LogP contribution in [0.25, 0.3) is 0 Å². The second-order valence-corrected chi connectivity index (χ2v) is 5.97. The molecule has 2 aromatic heterocycles. The fourth-order valence-electron chi connectivity index (χ4n) is 2.93. The van der Waals surface area contributed by atoms with Crippen molar-refractivity contribution < 1.29 is 4.74 Å². The van der Waals surface area contributed by atoms with Crippen LogP contribution < -0.4 is 5.32 Å². The first kappa shape index (κ1) is 16.2. The van der Waals surface area contributed by atoms with Crippen LogP contribution >= 0.6 is 11.6 Å². The molecule has 0 bridgehead atoms. The molecule has 7 nitrogen and oxygen atoms in total. The largest absolute Gasteiger partial charge is 0.373 e. The SMILES string of the molecule is CCN1CCO[C@@H](CNc2ncc(Cl)cn2)[C@@H]1c1cnn(C)c1. The lowest BCUT2D eigenvalue weighted by Gasteiger charge is -2.40. The van der Waals surface area contributed by atoms with Gasteiger partial charge in [-0.15, -0.1) is 0 Å². The predicted octanol–water partition coefficient (Wildman–Crippen LogP) is 1.74. The maximum Gasteiger partial charge on any atom is 0.222 e. The Morgan fingerprint density at radius 3 is 2.78 bits per heavy atom. The molecule has 0 spiro atoms. The molecule has 1 N–H and O–H groups in total. The maximum atomic E-state index is 6.01. The Hall–Kier alpha value is -1.70. The Bertz CT molecular complexity index is 631. The van der Waals surface area contributed by atoms with Gasteiger partial charge in [0.2, 0.25) is 5.95 Å². The van der Waals surface area contributed by atoms with Crippen molar-refractivity contribution in [1.82, 2.24) is 24.6 Å². The van der Waals surface area contributed by atoms with E-state index in [4.69, 9.17) is 16.3 Å². The standard InChI is InChI=1S/C15H21ClN6O/c1-3-22-4-5-23-13(14(22)11-6-20-21(2)10-11)9-19-15-17-7-12(16)8-18-15/h6-8,10,13-14H,3-5,9H2,1-2H3,(H,17,18,19)/t13-,14-/m0/s1. The molecular weight excluding hydrogens is 316 g/mol. The van der Waals surface area contributed by atoms with Crippen LogP contribution in [-0.4, -0.2) is 57.0 Å². The van der Waals surface area contributed by atoms with Crippen molar-refractivity contribution in [2.45, 2.75) is 19.1 Å². The summed E-state index contributed by atoms with van der Waals surface area (Å²) in [5.41, 5.74) is 1.16. The Labute approximate surface area is 140 Å². The third-order valence-corrected chi connectivity index (χ3v) is 4.21. The predicted molar refractivity (Wildman–Crippen MR) is 88.5 cm³/mol.